The number of aromatic nitrogens is 1. The minimum Gasteiger partial charge on any atom is -0.349 e. The maximum atomic E-state index is 13.0. The summed E-state index contributed by atoms with van der Waals surface area (Å²) in [7, 11) is 0. The quantitative estimate of drug-likeness (QED) is 0.252. The largest absolute Gasteiger partial charge is 0.349 e. The lowest BCUT2D eigenvalue weighted by molar-refractivity contribution is -0.128. The average molecular weight is 535 g/mol. The molecule has 200 valence electrons. The zero-order chi connectivity index (χ0) is 27.2. The Morgan fingerprint density at radius 2 is 1.61 bits per heavy atom. The minimum absolute atomic E-state index is 0.222. The fourth-order valence-corrected chi connectivity index (χ4v) is 4.62. The number of nitrogens with one attached hydrogen (secondary N) is 3. The van der Waals surface area contributed by atoms with Gasteiger partial charge in [0.05, 0.1) is 18.8 Å². The number of ketones is 1. The predicted molar refractivity (Wildman–Crippen MR) is 148 cm³/mol. The first-order valence-electron chi connectivity index (χ1n) is 12.9. The molecule has 0 unspecified atom stereocenters. The van der Waals surface area contributed by atoms with Crippen LogP contribution in [0.25, 0.3) is 10.6 Å². The monoisotopic (exact) mass is 534 g/mol. The van der Waals surface area contributed by atoms with Gasteiger partial charge in [0.15, 0.2) is 0 Å². The predicted octanol–water partition coefficient (Wildman–Crippen LogP) is 4.27. The van der Waals surface area contributed by atoms with Crippen molar-refractivity contribution in [3.05, 3.63) is 77.3 Å². The van der Waals surface area contributed by atoms with Crippen LogP contribution in [0.5, 0.6) is 0 Å². The number of nitrogens with zero attached hydrogens (tertiary/aromatic N) is 1. The number of Topliss-reactive ketones (excluding diaryl/α,β-unsaturated/α-hetero) is 1. The molecule has 9 heteroatoms. The maximum Gasteiger partial charge on any atom is 0.251 e. The van der Waals surface area contributed by atoms with Crippen LogP contribution in [0.2, 0.25) is 0 Å². The number of unbranched alkanes of at least 4 members (excludes halogenated alkanes) is 2. The highest BCUT2D eigenvalue weighted by Crippen LogP contribution is 2.23. The number of rotatable bonds is 15. The molecule has 1 atom stereocenters. The van der Waals surface area contributed by atoms with Crippen molar-refractivity contribution in [3.63, 3.8) is 0 Å². The summed E-state index contributed by atoms with van der Waals surface area (Å²) in [5.41, 5.74) is 2.20. The molecule has 1 aromatic heterocycles. The number of carbonyl (C=O) groups excluding carboxylic acids is 4. The fraction of sp³-hybridized carbons (Fsp3) is 0.345. The van der Waals surface area contributed by atoms with Gasteiger partial charge in [0, 0.05) is 29.3 Å². The Hall–Kier alpha value is -3.85. The van der Waals surface area contributed by atoms with Crippen LogP contribution >= 0.6 is 11.3 Å². The number of thiazole rings is 1. The highest BCUT2D eigenvalue weighted by Gasteiger charge is 2.21. The summed E-state index contributed by atoms with van der Waals surface area (Å²) < 4.78 is 0. The van der Waals surface area contributed by atoms with Crippen LogP contribution in [0.3, 0.4) is 0 Å². The summed E-state index contributed by atoms with van der Waals surface area (Å²) in [4.78, 5) is 54.0. The van der Waals surface area contributed by atoms with Crippen LogP contribution in [0, 0.1) is 0 Å². The standard InChI is InChI=1S/C29H34N4O4S/c1-2-24(34)16-10-5-11-17-25(33-26(35)19-31-27(36)21-12-6-3-7-13-21)28(37)30-18-23-20-38-29(32-23)22-14-8-4-9-15-22/h3-4,6-9,12-15,20,25H,2,5,10-11,16-19H2,1H3,(H,30,37)(H,31,36)(H,33,35)/t25-/m0/s1. The number of amides is 3. The van der Waals surface area contributed by atoms with E-state index in [0.717, 1.165) is 29.1 Å². The number of hydrogen-bond donors (Lipinski definition) is 3. The molecule has 8 nitrogen and oxygen atoms in total. The first-order valence-corrected chi connectivity index (χ1v) is 13.8. The first kappa shape index (κ1) is 28.7. The summed E-state index contributed by atoms with van der Waals surface area (Å²) in [6, 6.07) is 17.7. The van der Waals surface area contributed by atoms with Crippen molar-refractivity contribution in [2.24, 2.45) is 0 Å². The second-order valence-electron chi connectivity index (χ2n) is 8.89. The van der Waals surface area contributed by atoms with E-state index in [4.69, 9.17) is 0 Å². The lowest BCUT2D eigenvalue weighted by Gasteiger charge is -2.18. The summed E-state index contributed by atoms with van der Waals surface area (Å²) >= 11 is 1.50. The number of benzene rings is 2. The first-order chi connectivity index (χ1) is 18.5. The molecule has 3 N–H and O–H groups in total. The molecule has 1 heterocycles. The fourth-order valence-electron chi connectivity index (χ4n) is 3.79. The van der Waals surface area contributed by atoms with Gasteiger partial charge >= 0.3 is 0 Å². The Balaban J connectivity index is 1.53. The van der Waals surface area contributed by atoms with E-state index in [2.05, 4.69) is 20.9 Å². The lowest BCUT2D eigenvalue weighted by atomic mass is 10.0. The second kappa shape index (κ2) is 15.4. The molecule has 0 aliphatic carbocycles. The van der Waals surface area contributed by atoms with Crippen molar-refractivity contribution in [3.8, 4) is 10.6 Å². The zero-order valence-electron chi connectivity index (χ0n) is 21.6. The van der Waals surface area contributed by atoms with E-state index < -0.39 is 11.9 Å². The van der Waals surface area contributed by atoms with Crippen LogP contribution in [0.1, 0.15) is 61.5 Å². The van der Waals surface area contributed by atoms with Crippen LogP contribution in [0.15, 0.2) is 66.0 Å². The molecule has 0 aliphatic rings. The van der Waals surface area contributed by atoms with Crippen molar-refractivity contribution < 1.29 is 19.2 Å². The molecule has 0 saturated carbocycles. The maximum absolute atomic E-state index is 13.0. The summed E-state index contributed by atoms with van der Waals surface area (Å²) in [5.74, 6) is -0.901. The summed E-state index contributed by atoms with van der Waals surface area (Å²) in [6.45, 7) is 1.85. The molecule has 0 saturated heterocycles. The van der Waals surface area contributed by atoms with Gasteiger partial charge in [-0.1, -0.05) is 68.3 Å². The molecule has 0 fully saturated rings. The molecule has 3 rings (SSSR count). The van der Waals surface area contributed by atoms with E-state index in [1.54, 1.807) is 30.3 Å². The van der Waals surface area contributed by atoms with Crippen LogP contribution in [-0.4, -0.2) is 41.1 Å². The van der Waals surface area contributed by atoms with E-state index in [0.29, 0.717) is 31.2 Å². The molecule has 3 aromatic rings. The Morgan fingerprint density at radius 1 is 0.895 bits per heavy atom. The van der Waals surface area contributed by atoms with Crippen LogP contribution in [-0.2, 0) is 20.9 Å². The lowest BCUT2D eigenvalue weighted by Crippen LogP contribution is -2.49. The van der Waals surface area contributed by atoms with Gasteiger partial charge in [-0.3, -0.25) is 19.2 Å². The Morgan fingerprint density at radius 3 is 2.32 bits per heavy atom. The molecule has 0 spiro atoms. The normalized spacial score (nSPS) is 11.4. The van der Waals surface area contributed by atoms with Crippen molar-refractivity contribution >= 4 is 34.8 Å². The highest BCUT2D eigenvalue weighted by molar-refractivity contribution is 7.13. The average Bonchev–Trinajstić information content (AvgIpc) is 3.43. The van der Waals surface area contributed by atoms with Gasteiger partial charge in [-0.2, -0.15) is 0 Å². The smallest absolute Gasteiger partial charge is 0.251 e. The SMILES string of the molecule is CCC(=O)CCCCC[C@H](NC(=O)CNC(=O)c1ccccc1)C(=O)NCc1csc(-c2ccccc2)n1. The highest BCUT2D eigenvalue weighted by atomic mass is 32.1. The number of hydrogen-bond acceptors (Lipinski definition) is 6. The van der Waals surface area contributed by atoms with E-state index >= 15 is 0 Å². The third-order valence-electron chi connectivity index (χ3n) is 5.96. The van der Waals surface area contributed by atoms with Gasteiger partial charge < -0.3 is 16.0 Å². The van der Waals surface area contributed by atoms with Crippen molar-refractivity contribution in [2.75, 3.05) is 6.54 Å². The van der Waals surface area contributed by atoms with E-state index in [1.165, 1.54) is 11.3 Å². The van der Waals surface area contributed by atoms with E-state index in [1.807, 2.05) is 42.6 Å². The summed E-state index contributed by atoms with van der Waals surface area (Å²) in [6.07, 6.45) is 3.69. The van der Waals surface area contributed by atoms with Gasteiger partial charge in [0.25, 0.3) is 5.91 Å². The topological polar surface area (TPSA) is 117 Å². The van der Waals surface area contributed by atoms with Gasteiger partial charge in [-0.15, -0.1) is 11.3 Å². The zero-order valence-corrected chi connectivity index (χ0v) is 22.4. The minimum atomic E-state index is -0.759. The van der Waals surface area contributed by atoms with Crippen LogP contribution < -0.4 is 16.0 Å². The summed E-state index contributed by atoms with van der Waals surface area (Å²) in [5, 5.41) is 11.0. The molecule has 2 aromatic carbocycles. The van der Waals surface area contributed by atoms with Crippen LogP contribution in [0.4, 0.5) is 0 Å². The molecule has 0 bridgehead atoms. The molecule has 0 aliphatic heterocycles. The molecular weight excluding hydrogens is 500 g/mol. The van der Waals surface area contributed by atoms with Gasteiger partial charge in [0.1, 0.15) is 16.8 Å². The van der Waals surface area contributed by atoms with Crippen molar-refractivity contribution in [2.45, 2.75) is 58.0 Å². The molecule has 0 radical (unpaired) electrons. The van der Waals surface area contributed by atoms with E-state index in [-0.39, 0.29) is 30.7 Å². The van der Waals surface area contributed by atoms with Gasteiger partial charge in [0.2, 0.25) is 11.8 Å². The van der Waals surface area contributed by atoms with E-state index in [9.17, 15) is 19.2 Å². The second-order valence-corrected chi connectivity index (χ2v) is 9.75. The van der Waals surface area contributed by atoms with Gasteiger partial charge in [-0.05, 0) is 25.0 Å². The molecule has 3 amide bonds. The molecule has 38 heavy (non-hydrogen) atoms. The van der Waals surface area contributed by atoms with Gasteiger partial charge in [-0.25, -0.2) is 4.98 Å². The third-order valence-corrected chi connectivity index (χ3v) is 6.90. The van der Waals surface area contributed by atoms with Crippen molar-refractivity contribution in [1.82, 2.24) is 20.9 Å². The third kappa shape index (κ3) is 9.55. The Labute approximate surface area is 227 Å². The van der Waals surface area contributed by atoms with Crippen molar-refractivity contribution in [1.29, 1.82) is 0 Å². The Kier molecular flexibility index (Phi) is 11.6. The Bertz CT molecular complexity index is 1200. The number of carbonyl (C=O) groups is 4. The molecular formula is C29H34N4O4S.